The van der Waals surface area contributed by atoms with E-state index in [0.29, 0.717) is 11.1 Å². The highest BCUT2D eigenvalue weighted by Crippen LogP contribution is 2.27. The third-order valence-corrected chi connectivity index (χ3v) is 3.91. The molecule has 1 fully saturated rings. The Bertz CT molecular complexity index is 409. The summed E-state index contributed by atoms with van der Waals surface area (Å²) in [4.78, 5) is 4.64. The maximum Gasteiger partial charge on any atom is 0.0702 e. The number of hydrogen-bond acceptors (Lipinski definition) is 3. The van der Waals surface area contributed by atoms with Crippen LogP contribution in [0.15, 0.2) is 18.2 Å². The lowest BCUT2D eigenvalue weighted by Crippen LogP contribution is -2.45. The smallest absolute Gasteiger partial charge is 0.0702 e. The van der Waals surface area contributed by atoms with Crippen molar-refractivity contribution < 1.29 is 5.11 Å². The normalized spacial score (nSPS) is 20.5. The molecule has 1 aliphatic rings. The maximum absolute atomic E-state index is 9.45. The van der Waals surface area contributed by atoms with Gasteiger partial charge in [0.1, 0.15) is 0 Å². The Morgan fingerprint density at radius 2 is 2.22 bits per heavy atom. The van der Waals surface area contributed by atoms with Crippen molar-refractivity contribution in [1.29, 1.82) is 0 Å². The first-order valence-electron chi connectivity index (χ1n) is 6.42. The SMILES string of the molecule is CN(C)C1CCCN(c2ccc(Cl)cc2CO)C1. The zero-order chi connectivity index (χ0) is 13.1. The van der Waals surface area contributed by atoms with Gasteiger partial charge in [0.05, 0.1) is 6.61 Å². The quantitative estimate of drug-likeness (QED) is 0.912. The predicted molar refractivity (Wildman–Crippen MR) is 76.3 cm³/mol. The third-order valence-electron chi connectivity index (χ3n) is 3.68. The van der Waals surface area contributed by atoms with Crippen molar-refractivity contribution in [3.8, 4) is 0 Å². The lowest BCUT2D eigenvalue weighted by molar-refractivity contribution is 0.256. The number of hydrogen-bond donors (Lipinski definition) is 1. The zero-order valence-electron chi connectivity index (χ0n) is 11.1. The van der Waals surface area contributed by atoms with Crippen LogP contribution in [0, 0.1) is 0 Å². The minimum absolute atomic E-state index is 0.0407. The van der Waals surface area contributed by atoms with Gasteiger partial charge in [-0.25, -0.2) is 0 Å². The van der Waals surface area contributed by atoms with Crippen LogP contribution in [0.2, 0.25) is 5.02 Å². The fourth-order valence-corrected chi connectivity index (χ4v) is 2.78. The first-order chi connectivity index (χ1) is 8.61. The molecule has 1 aliphatic heterocycles. The number of aliphatic hydroxyl groups is 1. The second kappa shape index (κ2) is 5.91. The van der Waals surface area contributed by atoms with Crippen LogP contribution in [-0.2, 0) is 6.61 Å². The van der Waals surface area contributed by atoms with Gasteiger partial charge < -0.3 is 14.9 Å². The predicted octanol–water partition coefficient (Wildman–Crippen LogP) is 2.36. The summed E-state index contributed by atoms with van der Waals surface area (Å²) < 4.78 is 0. The van der Waals surface area contributed by atoms with E-state index in [1.165, 1.54) is 12.8 Å². The van der Waals surface area contributed by atoms with E-state index in [0.717, 1.165) is 24.3 Å². The van der Waals surface area contributed by atoms with E-state index < -0.39 is 0 Å². The summed E-state index contributed by atoms with van der Waals surface area (Å²) in [5, 5.41) is 10.1. The summed E-state index contributed by atoms with van der Waals surface area (Å²) in [7, 11) is 4.26. The summed E-state index contributed by atoms with van der Waals surface area (Å²) in [6.45, 7) is 2.11. The number of rotatable bonds is 3. The van der Waals surface area contributed by atoms with E-state index in [1.807, 2.05) is 18.2 Å². The molecule has 1 aromatic rings. The highest BCUT2D eigenvalue weighted by molar-refractivity contribution is 6.30. The van der Waals surface area contributed by atoms with Gasteiger partial charge in [-0.3, -0.25) is 0 Å². The molecule has 0 amide bonds. The Labute approximate surface area is 114 Å². The average molecular weight is 269 g/mol. The van der Waals surface area contributed by atoms with Crippen molar-refractivity contribution in [2.24, 2.45) is 0 Å². The van der Waals surface area contributed by atoms with Gasteiger partial charge in [0, 0.05) is 35.4 Å². The molecule has 1 saturated heterocycles. The second-order valence-corrected chi connectivity index (χ2v) is 5.57. The molecule has 0 spiro atoms. The van der Waals surface area contributed by atoms with Crippen LogP contribution in [0.3, 0.4) is 0 Å². The minimum Gasteiger partial charge on any atom is -0.392 e. The van der Waals surface area contributed by atoms with Gasteiger partial charge in [0.2, 0.25) is 0 Å². The molecular formula is C14H21ClN2O. The number of halogens is 1. The van der Waals surface area contributed by atoms with Gasteiger partial charge in [-0.05, 0) is 45.1 Å². The van der Waals surface area contributed by atoms with Gasteiger partial charge in [0.25, 0.3) is 0 Å². The molecule has 0 radical (unpaired) electrons. The van der Waals surface area contributed by atoms with E-state index in [9.17, 15) is 5.11 Å². The molecule has 1 unspecified atom stereocenters. The van der Waals surface area contributed by atoms with Crippen LogP contribution in [0.1, 0.15) is 18.4 Å². The number of nitrogens with zero attached hydrogens (tertiary/aromatic N) is 2. The number of aliphatic hydroxyl groups excluding tert-OH is 1. The van der Waals surface area contributed by atoms with Gasteiger partial charge in [0.15, 0.2) is 0 Å². The fraction of sp³-hybridized carbons (Fsp3) is 0.571. The molecule has 1 aromatic carbocycles. The van der Waals surface area contributed by atoms with E-state index in [-0.39, 0.29) is 6.61 Å². The third kappa shape index (κ3) is 2.97. The topological polar surface area (TPSA) is 26.7 Å². The fourth-order valence-electron chi connectivity index (χ4n) is 2.58. The second-order valence-electron chi connectivity index (χ2n) is 5.14. The molecule has 100 valence electrons. The van der Waals surface area contributed by atoms with Gasteiger partial charge in [-0.15, -0.1) is 0 Å². The van der Waals surface area contributed by atoms with Crippen molar-refractivity contribution in [1.82, 2.24) is 4.90 Å². The maximum atomic E-state index is 9.45. The molecule has 0 aliphatic carbocycles. The molecule has 2 rings (SSSR count). The van der Waals surface area contributed by atoms with Crippen LogP contribution in [0.5, 0.6) is 0 Å². The first-order valence-corrected chi connectivity index (χ1v) is 6.80. The zero-order valence-corrected chi connectivity index (χ0v) is 11.8. The minimum atomic E-state index is 0.0407. The lowest BCUT2D eigenvalue weighted by Gasteiger charge is -2.38. The molecule has 3 nitrogen and oxygen atoms in total. The van der Waals surface area contributed by atoms with Crippen molar-refractivity contribution in [3.05, 3.63) is 28.8 Å². The first kappa shape index (κ1) is 13.7. The Morgan fingerprint density at radius 1 is 1.44 bits per heavy atom. The van der Waals surface area contributed by atoms with Crippen LogP contribution >= 0.6 is 11.6 Å². The van der Waals surface area contributed by atoms with E-state index in [4.69, 9.17) is 11.6 Å². The average Bonchev–Trinajstić information content (AvgIpc) is 2.38. The van der Waals surface area contributed by atoms with Crippen molar-refractivity contribution >= 4 is 17.3 Å². The van der Waals surface area contributed by atoms with Crippen LogP contribution in [-0.4, -0.2) is 43.2 Å². The van der Waals surface area contributed by atoms with E-state index in [2.05, 4.69) is 23.9 Å². The Kier molecular flexibility index (Phi) is 4.49. The highest BCUT2D eigenvalue weighted by Gasteiger charge is 2.22. The molecule has 0 bridgehead atoms. The van der Waals surface area contributed by atoms with Crippen molar-refractivity contribution in [2.45, 2.75) is 25.5 Å². The molecular weight excluding hydrogens is 248 g/mol. The number of likely N-dealkylation sites (N-methyl/N-ethyl adjacent to an activating group) is 1. The largest absolute Gasteiger partial charge is 0.392 e. The Hall–Kier alpha value is -0.770. The summed E-state index contributed by atoms with van der Waals surface area (Å²) in [6, 6.07) is 6.36. The monoisotopic (exact) mass is 268 g/mol. The lowest BCUT2D eigenvalue weighted by atomic mass is 10.0. The standard InChI is InChI=1S/C14H21ClN2O/c1-16(2)13-4-3-7-17(9-13)14-6-5-12(15)8-11(14)10-18/h5-6,8,13,18H,3-4,7,9-10H2,1-2H3. The van der Waals surface area contributed by atoms with E-state index >= 15 is 0 Å². The van der Waals surface area contributed by atoms with Crippen LogP contribution in [0.4, 0.5) is 5.69 Å². The Morgan fingerprint density at radius 3 is 2.89 bits per heavy atom. The summed E-state index contributed by atoms with van der Waals surface area (Å²) in [6.07, 6.45) is 2.43. The molecule has 0 saturated carbocycles. The number of anilines is 1. The number of benzene rings is 1. The van der Waals surface area contributed by atoms with E-state index in [1.54, 1.807) is 0 Å². The van der Waals surface area contributed by atoms with Gasteiger partial charge >= 0.3 is 0 Å². The molecule has 1 atom stereocenters. The number of piperidine rings is 1. The van der Waals surface area contributed by atoms with Gasteiger partial charge in [-0.2, -0.15) is 0 Å². The molecule has 1 N–H and O–H groups in total. The van der Waals surface area contributed by atoms with Crippen molar-refractivity contribution in [3.63, 3.8) is 0 Å². The van der Waals surface area contributed by atoms with Gasteiger partial charge in [-0.1, -0.05) is 11.6 Å². The van der Waals surface area contributed by atoms with Crippen molar-refractivity contribution in [2.75, 3.05) is 32.1 Å². The summed E-state index contributed by atoms with van der Waals surface area (Å²) >= 11 is 5.98. The molecule has 0 aromatic heterocycles. The Balaban J connectivity index is 2.20. The summed E-state index contributed by atoms with van der Waals surface area (Å²) in [5.41, 5.74) is 2.04. The molecule has 18 heavy (non-hydrogen) atoms. The van der Waals surface area contributed by atoms with Crippen LogP contribution < -0.4 is 4.90 Å². The molecule has 1 heterocycles. The highest BCUT2D eigenvalue weighted by atomic mass is 35.5. The van der Waals surface area contributed by atoms with Crippen LogP contribution in [0.25, 0.3) is 0 Å². The summed E-state index contributed by atoms with van der Waals surface area (Å²) in [5.74, 6) is 0. The molecule has 4 heteroatoms.